The van der Waals surface area contributed by atoms with Gasteiger partial charge in [-0.25, -0.2) is 17.9 Å². The molecule has 136 valence electrons. The molecule has 0 heterocycles. The van der Waals surface area contributed by atoms with Crippen LogP contribution in [0.25, 0.3) is 0 Å². The van der Waals surface area contributed by atoms with Gasteiger partial charge in [0.05, 0.1) is 10.5 Å². The number of rotatable bonds is 11. The van der Waals surface area contributed by atoms with Gasteiger partial charge in [0.1, 0.15) is 0 Å². The van der Waals surface area contributed by atoms with E-state index in [1.165, 1.54) is 18.2 Å². The van der Waals surface area contributed by atoms with Crippen molar-refractivity contribution in [3.05, 3.63) is 23.8 Å². The van der Waals surface area contributed by atoms with E-state index >= 15 is 0 Å². The van der Waals surface area contributed by atoms with E-state index in [4.69, 9.17) is 0 Å². The van der Waals surface area contributed by atoms with Gasteiger partial charge in [0.15, 0.2) is 0 Å². The number of sulfonamides is 1. The maximum absolute atomic E-state index is 12.3. The van der Waals surface area contributed by atoms with Crippen LogP contribution in [0.2, 0.25) is 0 Å². The lowest BCUT2D eigenvalue weighted by Crippen LogP contribution is -2.25. The van der Waals surface area contributed by atoms with Crippen LogP contribution in [-0.2, 0) is 10.0 Å². The van der Waals surface area contributed by atoms with Gasteiger partial charge in [-0.15, -0.1) is 0 Å². The van der Waals surface area contributed by atoms with E-state index in [2.05, 4.69) is 17.0 Å². The Bertz CT molecular complexity index is 644. The van der Waals surface area contributed by atoms with Crippen molar-refractivity contribution in [2.24, 2.45) is 0 Å². The monoisotopic (exact) mass is 356 g/mol. The zero-order valence-corrected chi connectivity index (χ0v) is 15.4. The topological polar surface area (TPSA) is 95.5 Å². The largest absolute Gasteiger partial charge is 0.478 e. The van der Waals surface area contributed by atoms with E-state index in [1.807, 2.05) is 13.8 Å². The van der Waals surface area contributed by atoms with Crippen molar-refractivity contribution < 1.29 is 18.3 Å². The van der Waals surface area contributed by atoms with Crippen molar-refractivity contribution in [2.45, 2.75) is 63.8 Å². The molecule has 0 aromatic heterocycles. The van der Waals surface area contributed by atoms with Crippen molar-refractivity contribution in [1.82, 2.24) is 4.72 Å². The quantitative estimate of drug-likeness (QED) is 0.528. The first-order chi connectivity index (χ1) is 11.3. The van der Waals surface area contributed by atoms with Crippen molar-refractivity contribution >= 4 is 21.7 Å². The number of hydrogen-bond donors (Lipinski definition) is 3. The standard InChI is InChI=1S/C17H28N2O4S/c1-4-6-7-11-18-24(22,23)14-9-10-16(15(12-14)17(20)21)19-13(3)8-5-2/h9-10,12-13,18-19H,4-8,11H2,1-3H3,(H,20,21)/t13-/m0/s1. The summed E-state index contributed by atoms with van der Waals surface area (Å²) in [4.78, 5) is 11.5. The maximum Gasteiger partial charge on any atom is 0.337 e. The highest BCUT2D eigenvalue weighted by Crippen LogP contribution is 2.22. The fourth-order valence-electron chi connectivity index (χ4n) is 2.43. The predicted octanol–water partition coefficient (Wildman–Crippen LogP) is 3.45. The Labute approximate surface area is 144 Å². The Balaban J connectivity index is 2.98. The number of carboxylic acid groups (broad SMARTS) is 1. The van der Waals surface area contributed by atoms with Crippen LogP contribution in [0, 0.1) is 0 Å². The van der Waals surface area contributed by atoms with Crippen molar-refractivity contribution in [2.75, 3.05) is 11.9 Å². The highest BCUT2D eigenvalue weighted by atomic mass is 32.2. The van der Waals surface area contributed by atoms with E-state index in [0.717, 1.165) is 32.1 Å². The molecular weight excluding hydrogens is 328 g/mol. The van der Waals surface area contributed by atoms with E-state index in [-0.39, 0.29) is 16.5 Å². The fraction of sp³-hybridized carbons (Fsp3) is 0.588. The molecule has 0 amide bonds. The number of benzene rings is 1. The molecule has 7 heteroatoms. The predicted molar refractivity (Wildman–Crippen MR) is 96.1 cm³/mol. The SMILES string of the molecule is CCCCCNS(=O)(=O)c1ccc(N[C@@H](C)CCC)c(C(=O)O)c1. The molecule has 0 fully saturated rings. The number of anilines is 1. The minimum absolute atomic E-state index is 0.0231. The number of carbonyl (C=O) groups is 1. The zero-order valence-electron chi connectivity index (χ0n) is 14.6. The number of hydrogen-bond acceptors (Lipinski definition) is 4. The third-order valence-corrected chi connectivity index (χ3v) is 5.19. The molecule has 6 nitrogen and oxygen atoms in total. The van der Waals surface area contributed by atoms with Gasteiger partial charge in [0.2, 0.25) is 10.0 Å². The molecule has 0 aliphatic rings. The first-order valence-electron chi connectivity index (χ1n) is 8.45. The molecule has 0 unspecified atom stereocenters. The van der Waals surface area contributed by atoms with E-state index in [9.17, 15) is 18.3 Å². The molecular formula is C17H28N2O4S. The Morgan fingerprint density at radius 1 is 1.21 bits per heavy atom. The highest BCUT2D eigenvalue weighted by Gasteiger charge is 2.19. The number of unbranched alkanes of at least 4 members (excludes halogenated alkanes) is 2. The van der Waals surface area contributed by atoms with Crippen molar-refractivity contribution in [1.29, 1.82) is 0 Å². The lowest BCUT2D eigenvalue weighted by molar-refractivity contribution is 0.0697. The highest BCUT2D eigenvalue weighted by molar-refractivity contribution is 7.89. The lowest BCUT2D eigenvalue weighted by Gasteiger charge is -2.17. The average Bonchev–Trinajstić information content (AvgIpc) is 2.51. The third kappa shape index (κ3) is 6.13. The molecule has 1 atom stereocenters. The summed E-state index contributed by atoms with van der Waals surface area (Å²) in [6, 6.07) is 4.29. The zero-order chi connectivity index (χ0) is 18.2. The van der Waals surface area contributed by atoms with Crippen LogP contribution in [0.3, 0.4) is 0 Å². The van der Waals surface area contributed by atoms with Crippen LogP contribution in [-0.4, -0.2) is 32.1 Å². The molecule has 0 radical (unpaired) electrons. The Morgan fingerprint density at radius 2 is 1.92 bits per heavy atom. The summed E-state index contributed by atoms with van der Waals surface area (Å²) in [5, 5.41) is 12.5. The number of nitrogens with one attached hydrogen (secondary N) is 2. The van der Waals surface area contributed by atoms with Gasteiger partial charge >= 0.3 is 5.97 Å². The first-order valence-corrected chi connectivity index (χ1v) is 9.93. The van der Waals surface area contributed by atoms with Gasteiger partial charge in [0, 0.05) is 18.3 Å². The van der Waals surface area contributed by atoms with E-state index < -0.39 is 16.0 Å². The van der Waals surface area contributed by atoms with Gasteiger partial charge in [-0.1, -0.05) is 33.1 Å². The second-order valence-electron chi connectivity index (χ2n) is 5.95. The van der Waals surface area contributed by atoms with Crippen LogP contribution < -0.4 is 10.0 Å². The summed E-state index contributed by atoms with van der Waals surface area (Å²) in [5.74, 6) is -1.15. The summed E-state index contributed by atoms with van der Waals surface area (Å²) in [7, 11) is -3.69. The maximum atomic E-state index is 12.3. The molecule has 0 aliphatic carbocycles. The van der Waals surface area contributed by atoms with Gasteiger partial charge in [-0.2, -0.15) is 0 Å². The molecule has 0 saturated carbocycles. The van der Waals surface area contributed by atoms with Crippen LogP contribution in [0.15, 0.2) is 23.1 Å². The van der Waals surface area contributed by atoms with Crippen LogP contribution in [0.4, 0.5) is 5.69 Å². The van der Waals surface area contributed by atoms with E-state index in [0.29, 0.717) is 12.2 Å². The molecule has 1 aromatic carbocycles. The summed E-state index contributed by atoms with van der Waals surface area (Å²) in [5.41, 5.74) is 0.405. The number of carboxylic acids is 1. The summed E-state index contributed by atoms with van der Waals surface area (Å²) < 4.78 is 27.1. The Hall–Kier alpha value is -1.60. The summed E-state index contributed by atoms with van der Waals surface area (Å²) >= 11 is 0. The van der Waals surface area contributed by atoms with E-state index in [1.54, 1.807) is 0 Å². The Morgan fingerprint density at radius 3 is 2.50 bits per heavy atom. The second kappa shape index (κ2) is 9.64. The van der Waals surface area contributed by atoms with Gasteiger partial charge < -0.3 is 10.4 Å². The van der Waals surface area contributed by atoms with Crippen molar-refractivity contribution in [3.8, 4) is 0 Å². The minimum atomic E-state index is -3.69. The average molecular weight is 356 g/mol. The molecule has 24 heavy (non-hydrogen) atoms. The van der Waals surface area contributed by atoms with Crippen LogP contribution >= 0.6 is 0 Å². The normalized spacial score (nSPS) is 12.8. The van der Waals surface area contributed by atoms with Crippen LogP contribution in [0.1, 0.15) is 63.2 Å². The molecule has 1 aromatic rings. The first kappa shape index (κ1) is 20.4. The van der Waals surface area contributed by atoms with Crippen molar-refractivity contribution in [3.63, 3.8) is 0 Å². The molecule has 0 spiro atoms. The van der Waals surface area contributed by atoms with Gasteiger partial charge in [-0.3, -0.25) is 0 Å². The molecule has 3 N–H and O–H groups in total. The Kier molecular flexibility index (Phi) is 8.21. The lowest BCUT2D eigenvalue weighted by atomic mass is 10.1. The van der Waals surface area contributed by atoms with Gasteiger partial charge in [-0.05, 0) is 38.0 Å². The molecule has 0 aliphatic heterocycles. The molecule has 0 saturated heterocycles. The fourth-order valence-corrected chi connectivity index (χ4v) is 3.53. The second-order valence-corrected chi connectivity index (χ2v) is 7.72. The molecule has 1 rings (SSSR count). The number of aromatic carboxylic acids is 1. The van der Waals surface area contributed by atoms with Gasteiger partial charge in [0.25, 0.3) is 0 Å². The summed E-state index contributed by atoms with van der Waals surface area (Å²) in [6.45, 7) is 6.41. The summed E-state index contributed by atoms with van der Waals surface area (Å²) in [6.07, 6.45) is 4.58. The minimum Gasteiger partial charge on any atom is -0.478 e. The third-order valence-electron chi connectivity index (χ3n) is 3.73. The smallest absolute Gasteiger partial charge is 0.337 e. The molecule has 0 bridgehead atoms. The van der Waals surface area contributed by atoms with Crippen LogP contribution in [0.5, 0.6) is 0 Å².